The molecule has 0 saturated carbocycles. The molecule has 2 N–H and O–H groups in total. The van der Waals surface area contributed by atoms with Gasteiger partial charge in [0.15, 0.2) is 5.69 Å². The molecule has 0 spiro atoms. The number of H-pyrrole nitrogens is 1. The molecule has 0 bridgehead atoms. The molecule has 3 heterocycles. The van der Waals surface area contributed by atoms with Crippen molar-refractivity contribution in [1.29, 1.82) is 0 Å². The van der Waals surface area contributed by atoms with Crippen LogP contribution in [0.4, 0.5) is 0 Å². The number of nitrogens with one attached hydrogen (secondary N) is 2. The van der Waals surface area contributed by atoms with Gasteiger partial charge in [0.2, 0.25) is 10.0 Å². The number of aryl methyl sites for hydroxylation is 1. The monoisotopic (exact) mass is 368 g/mol. The maximum atomic E-state index is 12.1. The highest BCUT2D eigenvalue weighted by Gasteiger charge is 2.25. The third kappa shape index (κ3) is 3.85. The Morgan fingerprint density at radius 3 is 2.79 bits per heavy atom. The van der Waals surface area contributed by atoms with Crippen molar-refractivity contribution in [3.63, 3.8) is 0 Å². The van der Waals surface area contributed by atoms with Crippen LogP contribution in [0.3, 0.4) is 0 Å². The lowest BCUT2D eigenvalue weighted by atomic mass is 10.3. The molecule has 0 aromatic carbocycles. The molecule has 2 aromatic rings. The van der Waals surface area contributed by atoms with Gasteiger partial charge in [-0.2, -0.15) is 5.10 Å². The van der Waals surface area contributed by atoms with Crippen molar-refractivity contribution < 1.29 is 13.2 Å². The highest BCUT2D eigenvalue weighted by Crippen LogP contribution is 2.26. The zero-order valence-corrected chi connectivity index (χ0v) is 15.0. The number of aromatic nitrogens is 2. The lowest BCUT2D eigenvalue weighted by Gasteiger charge is -2.15. The summed E-state index contributed by atoms with van der Waals surface area (Å²) in [5.74, 6) is -0.456. The molecule has 24 heavy (non-hydrogen) atoms. The van der Waals surface area contributed by atoms with Crippen LogP contribution in [0.15, 0.2) is 18.2 Å². The number of hydrogen-bond donors (Lipinski definition) is 2. The maximum absolute atomic E-state index is 12.1. The van der Waals surface area contributed by atoms with Crippen molar-refractivity contribution in [2.75, 3.05) is 25.4 Å². The number of sulfonamides is 1. The minimum atomic E-state index is -3.28. The molecular weight excluding hydrogens is 348 g/mol. The molecule has 2 aromatic heterocycles. The Labute approximate surface area is 145 Å². The highest BCUT2D eigenvalue weighted by molar-refractivity contribution is 7.89. The second kappa shape index (κ2) is 7.04. The van der Waals surface area contributed by atoms with Crippen LogP contribution in [0.25, 0.3) is 10.6 Å². The maximum Gasteiger partial charge on any atom is 0.271 e. The fourth-order valence-electron chi connectivity index (χ4n) is 2.62. The van der Waals surface area contributed by atoms with Crippen molar-refractivity contribution in [3.8, 4) is 10.6 Å². The van der Waals surface area contributed by atoms with E-state index in [1.165, 1.54) is 9.18 Å². The van der Waals surface area contributed by atoms with Gasteiger partial charge in [0.1, 0.15) is 0 Å². The van der Waals surface area contributed by atoms with E-state index < -0.39 is 10.0 Å². The topological polar surface area (TPSA) is 95.2 Å². The van der Waals surface area contributed by atoms with E-state index in [4.69, 9.17) is 0 Å². The normalized spacial score (nSPS) is 15.7. The fraction of sp³-hybridized carbons (Fsp3) is 0.467. The number of nitrogens with zero attached hydrogens (tertiary/aromatic N) is 2. The SMILES string of the molecule is Cc1ccc(-c2cc(C(=O)NCCS(=O)(=O)N3CCCC3)n[nH]2)s1. The number of carbonyl (C=O) groups is 1. The summed E-state index contributed by atoms with van der Waals surface area (Å²) < 4.78 is 25.7. The third-order valence-corrected chi connectivity index (χ3v) is 6.83. The molecule has 1 aliphatic rings. The van der Waals surface area contributed by atoms with Gasteiger partial charge in [-0.05, 0) is 38.0 Å². The summed E-state index contributed by atoms with van der Waals surface area (Å²) in [4.78, 5) is 14.3. The van der Waals surface area contributed by atoms with Gasteiger partial charge in [-0.3, -0.25) is 9.89 Å². The number of rotatable bonds is 6. The van der Waals surface area contributed by atoms with Gasteiger partial charge in [0.05, 0.1) is 16.3 Å². The molecule has 3 rings (SSSR count). The van der Waals surface area contributed by atoms with Gasteiger partial charge in [0.25, 0.3) is 5.91 Å². The van der Waals surface area contributed by atoms with Crippen molar-refractivity contribution >= 4 is 27.3 Å². The van der Waals surface area contributed by atoms with Crippen molar-refractivity contribution in [3.05, 3.63) is 28.8 Å². The molecular formula is C15H20N4O3S2. The molecule has 1 amide bonds. The highest BCUT2D eigenvalue weighted by atomic mass is 32.2. The van der Waals surface area contributed by atoms with E-state index in [1.807, 2.05) is 19.1 Å². The van der Waals surface area contributed by atoms with Crippen LogP contribution < -0.4 is 5.32 Å². The first-order valence-electron chi connectivity index (χ1n) is 7.84. The van der Waals surface area contributed by atoms with E-state index in [0.29, 0.717) is 13.1 Å². The van der Waals surface area contributed by atoms with Gasteiger partial charge >= 0.3 is 0 Å². The van der Waals surface area contributed by atoms with Crippen molar-refractivity contribution in [2.45, 2.75) is 19.8 Å². The predicted molar refractivity (Wildman–Crippen MR) is 93.6 cm³/mol. The molecule has 130 valence electrons. The summed E-state index contributed by atoms with van der Waals surface area (Å²) in [6.07, 6.45) is 1.81. The number of hydrogen-bond acceptors (Lipinski definition) is 5. The Morgan fingerprint density at radius 1 is 1.38 bits per heavy atom. The molecule has 1 saturated heterocycles. The molecule has 1 fully saturated rings. The van der Waals surface area contributed by atoms with Crippen LogP contribution in [0.5, 0.6) is 0 Å². The number of carbonyl (C=O) groups excluding carboxylic acids is 1. The zero-order chi connectivity index (χ0) is 17.2. The lowest BCUT2D eigenvalue weighted by molar-refractivity contribution is 0.0951. The van der Waals surface area contributed by atoms with Gasteiger partial charge in [-0.25, -0.2) is 12.7 Å². The average Bonchev–Trinajstić information content (AvgIpc) is 3.28. The van der Waals surface area contributed by atoms with Crippen LogP contribution in [0, 0.1) is 6.92 Å². The second-order valence-electron chi connectivity index (χ2n) is 5.76. The van der Waals surface area contributed by atoms with E-state index in [2.05, 4.69) is 15.5 Å². The minimum Gasteiger partial charge on any atom is -0.350 e. The van der Waals surface area contributed by atoms with Crippen molar-refractivity contribution in [1.82, 2.24) is 19.8 Å². The largest absolute Gasteiger partial charge is 0.350 e. The van der Waals surface area contributed by atoms with Gasteiger partial charge in [-0.1, -0.05) is 0 Å². The molecule has 0 radical (unpaired) electrons. The van der Waals surface area contributed by atoms with Gasteiger partial charge < -0.3 is 5.32 Å². The van der Waals surface area contributed by atoms with E-state index in [9.17, 15) is 13.2 Å². The smallest absolute Gasteiger partial charge is 0.271 e. The van der Waals surface area contributed by atoms with E-state index in [1.54, 1.807) is 17.4 Å². The predicted octanol–water partition coefficient (Wildman–Crippen LogP) is 1.60. The summed E-state index contributed by atoms with van der Waals surface area (Å²) in [7, 11) is -3.28. The Hall–Kier alpha value is -1.71. The molecule has 7 nitrogen and oxygen atoms in total. The Kier molecular flexibility index (Phi) is 5.02. The molecule has 0 aliphatic carbocycles. The average molecular weight is 368 g/mol. The summed E-state index contributed by atoms with van der Waals surface area (Å²) in [6.45, 7) is 3.26. The molecule has 0 unspecified atom stereocenters. The Morgan fingerprint density at radius 2 is 2.12 bits per heavy atom. The summed E-state index contributed by atoms with van der Waals surface area (Å²) in [6, 6.07) is 5.65. The van der Waals surface area contributed by atoms with E-state index in [-0.39, 0.29) is 23.9 Å². The van der Waals surface area contributed by atoms with Crippen LogP contribution in [0.2, 0.25) is 0 Å². The number of amides is 1. The molecule has 1 aliphatic heterocycles. The molecule has 0 atom stereocenters. The third-order valence-electron chi connectivity index (χ3n) is 3.92. The van der Waals surface area contributed by atoms with Crippen LogP contribution >= 0.6 is 11.3 Å². The minimum absolute atomic E-state index is 0.0813. The van der Waals surface area contributed by atoms with Gasteiger partial charge in [-0.15, -0.1) is 11.3 Å². The standard InChI is InChI=1S/C15H20N4O3S2/c1-11-4-5-14(23-11)12-10-13(18-17-12)15(20)16-6-9-24(21,22)19-7-2-3-8-19/h4-5,10H,2-3,6-9H2,1H3,(H,16,20)(H,17,18). The second-order valence-corrected chi connectivity index (χ2v) is 9.13. The van der Waals surface area contributed by atoms with E-state index in [0.717, 1.165) is 23.4 Å². The van der Waals surface area contributed by atoms with Crippen molar-refractivity contribution in [2.24, 2.45) is 0 Å². The lowest BCUT2D eigenvalue weighted by Crippen LogP contribution is -2.36. The quantitative estimate of drug-likeness (QED) is 0.810. The fourth-order valence-corrected chi connectivity index (χ4v) is 4.89. The Balaban J connectivity index is 1.55. The number of aromatic amines is 1. The van der Waals surface area contributed by atoms with Crippen LogP contribution in [-0.2, 0) is 10.0 Å². The Bertz CT molecular complexity index is 819. The summed E-state index contributed by atoms with van der Waals surface area (Å²) in [5, 5.41) is 9.47. The van der Waals surface area contributed by atoms with Gasteiger partial charge in [0, 0.05) is 24.5 Å². The van der Waals surface area contributed by atoms with E-state index >= 15 is 0 Å². The first-order valence-corrected chi connectivity index (χ1v) is 10.3. The summed E-state index contributed by atoms with van der Waals surface area (Å²) >= 11 is 1.61. The first kappa shape index (κ1) is 17.1. The first-order chi connectivity index (χ1) is 11.5. The molecule has 9 heteroatoms. The summed E-state index contributed by atoms with van der Waals surface area (Å²) in [5.41, 5.74) is 1.04. The van der Waals surface area contributed by atoms with Crippen LogP contribution in [0.1, 0.15) is 28.2 Å². The number of thiophene rings is 1. The van der Waals surface area contributed by atoms with Crippen LogP contribution in [-0.4, -0.2) is 54.2 Å². The zero-order valence-electron chi connectivity index (χ0n) is 13.4.